The minimum absolute atomic E-state index is 0.223. The van der Waals surface area contributed by atoms with Crippen molar-refractivity contribution in [1.29, 1.82) is 0 Å². The molecule has 0 aromatic heterocycles. The second kappa shape index (κ2) is 6.77. The summed E-state index contributed by atoms with van der Waals surface area (Å²) in [5.41, 5.74) is 6.43. The first-order valence-electron chi connectivity index (χ1n) is 5.47. The van der Waals surface area contributed by atoms with Gasteiger partial charge in [0.25, 0.3) is 0 Å². The highest BCUT2D eigenvalue weighted by atomic mass is 35.5. The van der Waals surface area contributed by atoms with Crippen LogP contribution < -0.4 is 5.73 Å². The first-order chi connectivity index (χ1) is 8.10. The molecule has 0 heterocycles. The second-order valence-electron chi connectivity index (χ2n) is 3.42. The van der Waals surface area contributed by atoms with Gasteiger partial charge < -0.3 is 10.5 Å². The normalized spacial score (nSPS) is 12.2. The Morgan fingerprint density at radius 1 is 1.53 bits per heavy atom. The molecule has 0 amide bonds. The average molecular weight is 274 g/mol. The molecule has 3 nitrogen and oxygen atoms in total. The van der Waals surface area contributed by atoms with E-state index in [0.717, 1.165) is 4.90 Å². The summed E-state index contributed by atoms with van der Waals surface area (Å²) >= 11 is 7.42. The van der Waals surface area contributed by atoms with Gasteiger partial charge in [-0.1, -0.05) is 24.6 Å². The van der Waals surface area contributed by atoms with Gasteiger partial charge in [-0.05, 0) is 25.5 Å². The molecule has 94 valence electrons. The van der Waals surface area contributed by atoms with Gasteiger partial charge >= 0.3 is 5.97 Å². The number of halogens is 1. The van der Waals surface area contributed by atoms with Crippen molar-refractivity contribution >= 4 is 35.0 Å². The van der Waals surface area contributed by atoms with E-state index in [9.17, 15) is 4.79 Å². The van der Waals surface area contributed by atoms with Gasteiger partial charge in [0.05, 0.1) is 11.6 Å². The Bertz CT molecular complexity index is 378. The maximum Gasteiger partial charge on any atom is 0.319 e. The SMILES string of the molecule is CCOC(=O)C(CC)Sc1c(N)cccc1Cl. The van der Waals surface area contributed by atoms with E-state index in [4.69, 9.17) is 22.1 Å². The quantitative estimate of drug-likeness (QED) is 0.508. The largest absolute Gasteiger partial charge is 0.465 e. The Labute approximate surface area is 111 Å². The number of hydrogen-bond donors (Lipinski definition) is 1. The highest BCUT2D eigenvalue weighted by molar-refractivity contribution is 8.00. The molecule has 0 bridgehead atoms. The maximum atomic E-state index is 11.7. The molecule has 1 atom stereocenters. The fourth-order valence-electron chi connectivity index (χ4n) is 1.33. The number of nitrogen functional groups attached to an aromatic ring is 1. The van der Waals surface area contributed by atoms with E-state index in [1.165, 1.54) is 11.8 Å². The Kier molecular flexibility index (Phi) is 5.65. The molecule has 17 heavy (non-hydrogen) atoms. The maximum absolute atomic E-state index is 11.7. The third kappa shape index (κ3) is 3.82. The van der Waals surface area contributed by atoms with Crippen molar-refractivity contribution in [3.05, 3.63) is 23.2 Å². The van der Waals surface area contributed by atoms with Gasteiger partial charge in [0.2, 0.25) is 0 Å². The second-order valence-corrected chi connectivity index (χ2v) is 5.05. The van der Waals surface area contributed by atoms with Gasteiger partial charge in [0.1, 0.15) is 5.25 Å². The van der Waals surface area contributed by atoms with Crippen LogP contribution in [0.2, 0.25) is 5.02 Å². The van der Waals surface area contributed by atoms with Crippen LogP contribution in [0.4, 0.5) is 5.69 Å². The van der Waals surface area contributed by atoms with Gasteiger partial charge in [-0.25, -0.2) is 0 Å². The zero-order valence-electron chi connectivity index (χ0n) is 9.90. The molecule has 1 unspecified atom stereocenters. The summed E-state index contributed by atoms with van der Waals surface area (Å²) in [4.78, 5) is 12.4. The van der Waals surface area contributed by atoms with E-state index in [1.807, 2.05) is 6.92 Å². The molecule has 0 aliphatic heterocycles. The summed E-state index contributed by atoms with van der Waals surface area (Å²) in [6.45, 7) is 4.11. The number of anilines is 1. The molecule has 2 N–H and O–H groups in total. The topological polar surface area (TPSA) is 52.3 Å². The molecule has 0 saturated heterocycles. The van der Waals surface area contributed by atoms with Crippen LogP contribution in [0.3, 0.4) is 0 Å². The van der Waals surface area contributed by atoms with Gasteiger partial charge in [0.15, 0.2) is 0 Å². The molecule has 0 spiro atoms. The predicted octanol–water partition coefficient (Wildman–Crippen LogP) is 3.36. The Hall–Kier alpha value is -0.870. The van der Waals surface area contributed by atoms with E-state index in [1.54, 1.807) is 25.1 Å². The number of nitrogens with two attached hydrogens (primary N) is 1. The van der Waals surface area contributed by atoms with E-state index >= 15 is 0 Å². The summed E-state index contributed by atoms with van der Waals surface area (Å²) in [6, 6.07) is 5.32. The van der Waals surface area contributed by atoms with E-state index < -0.39 is 0 Å². The first-order valence-corrected chi connectivity index (χ1v) is 6.73. The summed E-state index contributed by atoms with van der Waals surface area (Å²) in [5.74, 6) is -0.223. The van der Waals surface area contributed by atoms with Crippen molar-refractivity contribution in [1.82, 2.24) is 0 Å². The molecule has 0 aliphatic rings. The summed E-state index contributed by atoms with van der Waals surface area (Å²) in [7, 11) is 0. The minimum atomic E-state index is -0.267. The molecular weight excluding hydrogens is 258 g/mol. The molecule has 5 heteroatoms. The Morgan fingerprint density at radius 3 is 2.76 bits per heavy atom. The molecule has 0 saturated carbocycles. The predicted molar refractivity (Wildman–Crippen MR) is 72.4 cm³/mol. The number of esters is 1. The standard InChI is InChI=1S/C12H16ClNO2S/c1-3-10(12(15)16-4-2)17-11-8(13)6-5-7-9(11)14/h5-7,10H,3-4,14H2,1-2H3. The van der Waals surface area contributed by atoms with Gasteiger partial charge in [-0.3, -0.25) is 4.79 Å². The van der Waals surface area contributed by atoms with E-state index in [0.29, 0.717) is 23.7 Å². The lowest BCUT2D eigenvalue weighted by atomic mass is 10.3. The summed E-state index contributed by atoms with van der Waals surface area (Å²) in [6.07, 6.45) is 0.675. The lowest BCUT2D eigenvalue weighted by Crippen LogP contribution is -2.19. The molecule has 0 fully saturated rings. The third-order valence-corrected chi connectivity index (χ3v) is 4.11. The monoisotopic (exact) mass is 273 g/mol. The molecule has 0 aliphatic carbocycles. The molecular formula is C12H16ClNO2S. The van der Waals surface area contributed by atoms with E-state index in [-0.39, 0.29) is 11.2 Å². The molecule has 1 aromatic rings. The van der Waals surface area contributed by atoms with Gasteiger partial charge in [-0.2, -0.15) is 0 Å². The number of hydrogen-bond acceptors (Lipinski definition) is 4. The fourth-order valence-corrected chi connectivity index (χ4v) is 2.64. The molecule has 1 aromatic carbocycles. The number of thioether (sulfide) groups is 1. The van der Waals surface area contributed by atoms with Crippen molar-refractivity contribution in [3.8, 4) is 0 Å². The number of carbonyl (C=O) groups excluding carboxylic acids is 1. The zero-order valence-corrected chi connectivity index (χ0v) is 11.5. The minimum Gasteiger partial charge on any atom is -0.465 e. The number of carbonyl (C=O) groups is 1. The Balaban J connectivity index is 2.84. The van der Waals surface area contributed by atoms with Crippen molar-refractivity contribution in [3.63, 3.8) is 0 Å². The third-order valence-electron chi connectivity index (χ3n) is 2.18. The van der Waals surface area contributed by atoms with Crippen LogP contribution in [-0.4, -0.2) is 17.8 Å². The Morgan fingerprint density at radius 2 is 2.24 bits per heavy atom. The van der Waals surface area contributed by atoms with Gasteiger partial charge in [-0.15, -0.1) is 11.8 Å². The van der Waals surface area contributed by atoms with Crippen molar-refractivity contribution in [2.45, 2.75) is 30.4 Å². The lowest BCUT2D eigenvalue weighted by Gasteiger charge is -2.15. The van der Waals surface area contributed by atoms with Crippen LogP contribution in [0.15, 0.2) is 23.1 Å². The number of rotatable bonds is 5. The van der Waals surface area contributed by atoms with Crippen LogP contribution in [0.25, 0.3) is 0 Å². The van der Waals surface area contributed by atoms with Crippen molar-refractivity contribution < 1.29 is 9.53 Å². The summed E-state index contributed by atoms with van der Waals surface area (Å²) in [5, 5.41) is 0.301. The summed E-state index contributed by atoms with van der Waals surface area (Å²) < 4.78 is 5.00. The first kappa shape index (κ1) is 14.2. The zero-order chi connectivity index (χ0) is 12.8. The fraction of sp³-hybridized carbons (Fsp3) is 0.417. The van der Waals surface area contributed by atoms with Crippen molar-refractivity contribution in [2.75, 3.05) is 12.3 Å². The smallest absolute Gasteiger partial charge is 0.319 e. The molecule has 0 radical (unpaired) electrons. The van der Waals surface area contributed by atoms with Crippen LogP contribution >= 0.6 is 23.4 Å². The van der Waals surface area contributed by atoms with Crippen LogP contribution in [0.5, 0.6) is 0 Å². The highest BCUT2D eigenvalue weighted by Gasteiger charge is 2.21. The molecule has 1 rings (SSSR count). The van der Waals surface area contributed by atoms with E-state index in [2.05, 4.69) is 0 Å². The van der Waals surface area contributed by atoms with Gasteiger partial charge in [0, 0.05) is 10.6 Å². The average Bonchev–Trinajstić information content (AvgIpc) is 2.29. The number of benzene rings is 1. The highest BCUT2D eigenvalue weighted by Crippen LogP contribution is 2.36. The lowest BCUT2D eigenvalue weighted by molar-refractivity contribution is -0.142. The van der Waals surface area contributed by atoms with Crippen LogP contribution in [-0.2, 0) is 9.53 Å². The number of ether oxygens (including phenoxy) is 1. The van der Waals surface area contributed by atoms with Crippen molar-refractivity contribution in [2.24, 2.45) is 0 Å². The van der Waals surface area contributed by atoms with Crippen LogP contribution in [0, 0.1) is 0 Å². The van der Waals surface area contributed by atoms with Crippen LogP contribution in [0.1, 0.15) is 20.3 Å².